The van der Waals surface area contributed by atoms with Crippen LogP contribution in [0.2, 0.25) is 10.0 Å². The summed E-state index contributed by atoms with van der Waals surface area (Å²) < 4.78 is 37.9. The Hall–Kier alpha value is -4.79. The van der Waals surface area contributed by atoms with Gasteiger partial charge in [0.2, 0.25) is 0 Å². The number of hydrogen-bond donors (Lipinski definition) is 3. The van der Waals surface area contributed by atoms with Crippen molar-refractivity contribution in [3.05, 3.63) is 105 Å². The van der Waals surface area contributed by atoms with E-state index in [1.807, 2.05) is 0 Å². The lowest BCUT2D eigenvalue weighted by molar-refractivity contribution is -0.137. The summed E-state index contributed by atoms with van der Waals surface area (Å²) in [5.41, 5.74) is 1.74. The number of hydrogen-bond acceptors (Lipinski definition) is 7. The minimum absolute atomic E-state index is 0.0183. The summed E-state index contributed by atoms with van der Waals surface area (Å²) in [6.45, 7) is -0.487. The molecule has 200 valence electrons. The molecule has 0 spiro atoms. The molecule has 0 saturated heterocycles. The van der Waals surface area contributed by atoms with Gasteiger partial charge in [0.15, 0.2) is 0 Å². The summed E-state index contributed by atoms with van der Waals surface area (Å²) in [6, 6.07) is 12.4. The lowest BCUT2D eigenvalue weighted by Crippen LogP contribution is -2.13. The van der Waals surface area contributed by atoms with E-state index in [1.165, 1.54) is 60.9 Å². The SMILES string of the molecule is [2H][C@@](Nc1cc(Cl)c2ncc(C#N)c(Nc3ccc(F)c(Cl)c3)c2c1)(c1ccc(F)cc1)c1cn(CC(=O)O)nn1. The average molecular weight is 581 g/mol. The van der Waals surface area contributed by atoms with Crippen molar-refractivity contribution in [1.82, 2.24) is 20.0 Å². The molecule has 0 aliphatic heterocycles. The normalized spacial score (nSPS) is 12.8. The fourth-order valence-corrected chi connectivity index (χ4v) is 4.39. The largest absolute Gasteiger partial charge is 0.480 e. The smallest absolute Gasteiger partial charge is 0.325 e. The van der Waals surface area contributed by atoms with Gasteiger partial charge in [0.05, 0.1) is 40.4 Å². The van der Waals surface area contributed by atoms with Crippen LogP contribution in [0.1, 0.15) is 24.2 Å². The monoisotopic (exact) mass is 580 g/mol. The van der Waals surface area contributed by atoms with Gasteiger partial charge < -0.3 is 15.7 Å². The zero-order valence-electron chi connectivity index (χ0n) is 21.2. The second-order valence-corrected chi connectivity index (χ2v) is 9.28. The number of carboxylic acid groups (broad SMARTS) is 1. The highest BCUT2D eigenvalue weighted by atomic mass is 35.5. The van der Waals surface area contributed by atoms with E-state index in [-0.39, 0.29) is 32.6 Å². The van der Waals surface area contributed by atoms with Crippen molar-refractivity contribution in [2.24, 2.45) is 0 Å². The molecule has 40 heavy (non-hydrogen) atoms. The Morgan fingerprint density at radius 1 is 1.12 bits per heavy atom. The number of fused-ring (bicyclic) bond motifs is 1. The molecule has 3 aromatic carbocycles. The molecule has 0 bridgehead atoms. The van der Waals surface area contributed by atoms with Crippen LogP contribution in [-0.4, -0.2) is 31.1 Å². The Bertz CT molecular complexity index is 1850. The van der Waals surface area contributed by atoms with Crippen LogP contribution in [0.5, 0.6) is 0 Å². The maximum Gasteiger partial charge on any atom is 0.325 e. The molecule has 0 saturated carbocycles. The summed E-state index contributed by atoms with van der Waals surface area (Å²) in [6.07, 6.45) is 2.63. The maximum atomic E-state index is 13.8. The Balaban J connectivity index is 1.64. The van der Waals surface area contributed by atoms with Crippen molar-refractivity contribution in [1.29, 1.82) is 5.26 Å². The van der Waals surface area contributed by atoms with Gasteiger partial charge >= 0.3 is 5.97 Å². The minimum Gasteiger partial charge on any atom is -0.480 e. The van der Waals surface area contributed by atoms with Crippen LogP contribution in [0.4, 0.5) is 25.8 Å². The number of nitrogens with one attached hydrogen (secondary N) is 2. The number of anilines is 3. The van der Waals surface area contributed by atoms with E-state index < -0.39 is 30.2 Å². The molecular weight excluding hydrogens is 563 g/mol. The van der Waals surface area contributed by atoms with E-state index in [1.54, 1.807) is 6.07 Å². The van der Waals surface area contributed by atoms with Gasteiger partial charge in [-0.2, -0.15) is 5.26 Å². The van der Waals surface area contributed by atoms with Crippen LogP contribution in [0.3, 0.4) is 0 Å². The van der Waals surface area contributed by atoms with E-state index in [0.29, 0.717) is 22.3 Å². The Labute approximate surface area is 237 Å². The molecule has 0 unspecified atom stereocenters. The van der Waals surface area contributed by atoms with Crippen LogP contribution in [0.25, 0.3) is 10.9 Å². The number of benzene rings is 3. The second-order valence-electron chi connectivity index (χ2n) is 8.47. The van der Waals surface area contributed by atoms with Crippen LogP contribution in [0.15, 0.2) is 67.0 Å². The Morgan fingerprint density at radius 2 is 1.88 bits per heavy atom. The topological polar surface area (TPSA) is 129 Å². The summed E-state index contributed by atoms with van der Waals surface area (Å²) in [5.74, 6) is -2.29. The fraction of sp³-hybridized carbons (Fsp3) is 0.0741. The third kappa shape index (κ3) is 5.63. The number of nitrogens with zero attached hydrogens (tertiary/aromatic N) is 5. The molecular formula is C27H17Cl2F2N7O2. The molecule has 2 heterocycles. The lowest BCUT2D eigenvalue weighted by atomic mass is 10.0. The molecule has 3 N–H and O–H groups in total. The average Bonchev–Trinajstić information content (AvgIpc) is 3.40. The fourth-order valence-electron chi connectivity index (χ4n) is 3.94. The van der Waals surface area contributed by atoms with Crippen LogP contribution >= 0.6 is 23.2 Å². The lowest BCUT2D eigenvalue weighted by Gasteiger charge is -2.20. The number of aliphatic carboxylic acids is 1. The number of aromatic nitrogens is 4. The van der Waals surface area contributed by atoms with Gasteiger partial charge in [-0.25, -0.2) is 13.5 Å². The molecule has 5 rings (SSSR count). The number of carboxylic acids is 1. The van der Waals surface area contributed by atoms with Gasteiger partial charge in [0, 0.05) is 23.0 Å². The molecule has 13 heteroatoms. The predicted molar refractivity (Wildman–Crippen MR) is 146 cm³/mol. The first kappa shape index (κ1) is 25.5. The number of carbonyl (C=O) groups is 1. The van der Waals surface area contributed by atoms with Crippen molar-refractivity contribution in [3.63, 3.8) is 0 Å². The van der Waals surface area contributed by atoms with Gasteiger partial charge in [-0.3, -0.25) is 9.78 Å². The van der Waals surface area contributed by atoms with E-state index in [0.717, 1.165) is 4.68 Å². The third-order valence-corrected chi connectivity index (χ3v) is 6.31. The van der Waals surface area contributed by atoms with Crippen molar-refractivity contribution in [3.8, 4) is 6.07 Å². The number of rotatable bonds is 8. The van der Waals surface area contributed by atoms with Crippen LogP contribution in [0, 0.1) is 23.0 Å². The zero-order valence-corrected chi connectivity index (χ0v) is 21.7. The molecule has 9 nitrogen and oxygen atoms in total. The van der Waals surface area contributed by atoms with Crippen molar-refractivity contribution >= 4 is 57.1 Å². The highest BCUT2D eigenvalue weighted by Gasteiger charge is 2.21. The number of pyridine rings is 1. The maximum absolute atomic E-state index is 13.8. The zero-order chi connectivity index (χ0) is 29.3. The summed E-state index contributed by atoms with van der Waals surface area (Å²) in [4.78, 5) is 15.5. The van der Waals surface area contributed by atoms with E-state index in [9.17, 15) is 20.2 Å². The van der Waals surface area contributed by atoms with Gasteiger partial charge in [-0.1, -0.05) is 40.5 Å². The molecule has 5 aromatic rings. The van der Waals surface area contributed by atoms with Crippen LogP contribution < -0.4 is 10.6 Å². The minimum atomic E-state index is -1.89. The molecule has 0 aliphatic carbocycles. The molecule has 0 radical (unpaired) electrons. The van der Waals surface area contributed by atoms with Gasteiger partial charge in [-0.15, -0.1) is 5.10 Å². The molecule has 0 aliphatic rings. The Kier molecular flexibility index (Phi) is 7.09. The van der Waals surface area contributed by atoms with Crippen molar-refractivity contribution < 1.29 is 20.1 Å². The first-order valence-electron chi connectivity index (χ1n) is 12.0. The highest BCUT2D eigenvalue weighted by molar-refractivity contribution is 6.36. The Morgan fingerprint density at radius 3 is 2.58 bits per heavy atom. The van der Waals surface area contributed by atoms with E-state index >= 15 is 0 Å². The van der Waals surface area contributed by atoms with Gasteiger partial charge in [0.25, 0.3) is 0 Å². The van der Waals surface area contributed by atoms with Crippen LogP contribution in [-0.2, 0) is 11.3 Å². The highest BCUT2D eigenvalue weighted by Crippen LogP contribution is 2.37. The summed E-state index contributed by atoms with van der Waals surface area (Å²) >= 11 is 12.5. The molecule has 1 atom stereocenters. The molecule has 0 amide bonds. The third-order valence-electron chi connectivity index (χ3n) is 5.73. The predicted octanol–water partition coefficient (Wildman–Crippen LogP) is 6.31. The molecule has 0 fully saturated rings. The summed E-state index contributed by atoms with van der Waals surface area (Å²) in [5, 5.41) is 33.3. The first-order valence-corrected chi connectivity index (χ1v) is 12.2. The molecule has 2 aromatic heterocycles. The summed E-state index contributed by atoms with van der Waals surface area (Å²) in [7, 11) is 0. The van der Waals surface area contributed by atoms with Crippen molar-refractivity contribution in [2.45, 2.75) is 12.6 Å². The van der Waals surface area contributed by atoms with Gasteiger partial charge in [0.1, 0.15) is 29.9 Å². The van der Waals surface area contributed by atoms with Crippen molar-refractivity contribution in [2.75, 3.05) is 10.6 Å². The first-order chi connectivity index (χ1) is 19.6. The van der Waals surface area contributed by atoms with E-state index in [2.05, 4.69) is 32.0 Å². The van der Waals surface area contributed by atoms with Gasteiger partial charge in [-0.05, 0) is 48.0 Å². The number of nitriles is 1. The quantitative estimate of drug-likeness (QED) is 0.194. The standard InChI is InChI=1S/C27H17Cl2F2N7O2/c28-20-8-17(5-6-22(20)31)34-25-15(10-32)11-33-27-19(25)7-18(9-21(27)29)35-26(14-1-3-16(30)4-2-14)23-12-38(37-36-23)13-24(39)40/h1-9,11-12,26,35H,13H2,(H,33,34)(H,39,40)/t26-/m1/s1/i26D. The number of halogens is 4. The van der Waals surface area contributed by atoms with E-state index in [4.69, 9.17) is 28.3 Å². The second kappa shape index (κ2) is 11.1.